The molecule has 0 radical (unpaired) electrons. The van der Waals surface area contributed by atoms with Crippen LogP contribution in [0.25, 0.3) is 0 Å². The van der Waals surface area contributed by atoms with Gasteiger partial charge in [-0.25, -0.2) is 0 Å². The van der Waals surface area contributed by atoms with Crippen LogP contribution in [-0.2, 0) is 14.0 Å². The first-order valence-electron chi connectivity index (χ1n) is 12.3. The quantitative estimate of drug-likeness (QED) is 0.245. The molecule has 3 rings (SSSR count). The molecule has 3 nitrogen and oxygen atoms in total. The van der Waals surface area contributed by atoms with E-state index in [4.69, 9.17) is 20.8 Å². The van der Waals surface area contributed by atoms with Crippen LogP contribution in [0.15, 0.2) is 60.7 Å². The van der Waals surface area contributed by atoms with Crippen molar-refractivity contribution in [2.24, 2.45) is 5.41 Å². The van der Waals surface area contributed by atoms with Crippen LogP contribution in [0.1, 0.15) is 66.2 Å². The maximum atomic E-state index is 12.9. The molecule has 1 aliphatic carbocycles. The van der Waals surface area contributed by atoms with Gasteiger partial charge in [-0.1, -0.05) is 81.4 Å². The number of carbonyl (C=O) groups is 1. The van der Waals surface area contributed by atoms with E-state index in [0.717, 1.165) is 38.5 Å². The summed E-state index contributed by atoms with van der Waals surface area (Å²) in [5.41, 5.74) is -0.420. The Hall–Kier alpha value is -1.62. The second-order valence-corrected chi connectivity index (χ2v) is 14.9. The molecule has 0 atom stereocenters. The van der Waals surface area contributed by atoms with Gasteiger partial charge in [0.15, 0.2) is 0 Å². The number of halogens is 1. The standard InChI is InChI=1S/C28H39ClO3Si/c1-5-31-26(30)28(19-12-22-29)20-17-23(18-21-28)32-33(27(2,3)4,24-13-8-6-9-14-24)25-15-10-7-11-16-25/h6-11,13-16,23H,5,12,17-22H2,1-4H3. The van der Waals surface area contributed by atoms with Gasteiger partial charge in [-0.3, -0.25) is 4.79 Å². The molecule has 0 unspecified atom stereocenters. The molecule has 0 aliphatic heterocycles. The Morgan fingerprint density at radius 3 is 1.94 bits per heavy atom. The van der Waals surface area contributed by atoms with Gasteiger partial charge >= 0.3 is 5.97 Å². The van der Waals surface area contributed by atoms with Gasteiger partial charge in [0.25, 0.3) is 8.32 Å². The molecule has 0 heterocycles. The maximum Gasteiger partial charge on any atom is 0.312 e. The molecule has 0 spiro atoms. The van der Waals surface area contributed by atoms with Gasteiger partial charge in [-0.2, -0.15) is 0 Å². The summed E-state index contributed by atoms with van der Waals surface area (Å²) in [5.74, 6) is 0.516. The van der Waals surface area contributed by atoms with E-state index in [-0.39, 0.29) is 17.1 Å². The smallest absolute Gasteiger partial charge is 0.312 e. The highest BCUT2D eigenvalue weighted by Crippen LogP contribution is 2.45. The number of carbonyl (C=O) groups excluding carboxylic acids is 1. The minimum absolute atomic E-state index is 0.0516. The SMILES string of the molecule is CCOC(=O)C1(CCCCl)CCC(O[Si](c2ccccc2)(c2ccccc2)C(C)(C)C)CC1. The summed E-state index contributed by atoms with van der Waals surface area (Å²) in [7, 11) is -2.59. The summed E-state index contributed by atoms with van der Waals surface area (Å²) in [6.45, 7) is 9.23. The van der Waals surface area contributed by atoms with Crippen molar-refractivity contribution >= 4 is 36.3 Å². The van der Waals surface area contributed by atoms with Crippen LogP contribution in [-0.4, -0.2) is 32.9 Å². The minimum Gasteiger partial charge on any atom is -0.466 e. The Bertz CT molecular complexity index is 832. The van der Waals surface area contributed by atoms with Gasteiger partial charge in [0.05, 0.1) is 12.0 Å². The van der Waals surface area contributed by atoms with E-state index >= 15 is 0 Å². The normalized spacial score (nSPS) is 21.5. The fraction of sp³-hybridized carbons (Fsp3) is 0.536. The van der Waals surface area contributed by atoms with Crippen molar-refractivity contribution in [1.29, 1.82) is 0 Å². The predicted molar refractivity (Wildman–Crippen MR) is 140 cm³/mol. The highest BCUT2D eigenvalue weighted by Gasteiger charge is 2.52. The molecule has 0 amide bonds. The van der Waals surface area contributed by atoms with Gasteiger partial charge < -0.3 is 9.16 Å². The van der Waals surface area contributed by atoms with E-state index in [0.29, 0.717) is 12.5 Å². The molecule has 180 valence electrons. The Morgan fingerprint density at radius 2 is 1.52 bits per heavy atom. The lowest BCUT2D eigenvalue weighted by molar-refractivity contribution is -0.159. The average Bonchev–Trinajstić information content (AvgIpc) is 2.82. The van der Waals surface area contributed by atoms with Crippen LogP contribution in [0.2, 0.25) is 5.04 Å². The van der Waals surface area contributed by atoms with Crippen molar-refractivity contribution in [2.45, 2.75) is 77.4 Å². The summed E-state index contributed by atoms with van der Waals surface area (Å²) in [6.07, 6.45) is 5.07. The molecule has 2 aromatic carbocycles. The lowest BCUT2D eigenvalue weighted by Crippen LogP contribution is -2.68. The molecule has 0 bridgehead atoms. The minimum atomic E-state index is -2.59. The zero-order valence-electron chi connectivity index (χ0n) is 20.6. The molecule has 0 saturated heterocycles. The van der Waals surface area contributed by atoms with Crippen molar-refractivity contribution in [3.63, 3.8) is 0 Å². The fourth-order valence-electron chi connectivity index (χ4n) is 5.45. The zero-order chi connectivity index (χ0) is 24.0. The van der Waals surface area contributed by atoms with E-state index in [1.807, 2.05) is 6.92 Å². The molecule has 0 aromatic heterocycles. The van der Waals surface area contributed by atoms with Crippen molar-refractivity contribution < 1.29 is 14.0 Å². The highest BCUT2D eigenvalue weighted by molar-refractivity contribution is 6.99. The molecule has 1 fully saturated rings. The summed E-state index contributed by atoms with van der Waals surface area (Å²) >= 11 is 5.99. The molecule has 33 heavy (non-hydrogen) atoms. The largest absolute Gasteiger partial charge is 0.466 e. The second kappa shape index (κ2) is 11.2. The summed E-state index contributed by atoms with van der Waals surface area (Å²) in [6, 6.07) is 21.5. The number of rotatable bonds is 9. The van der Waals surface area contributed by atoms with Crippen LogP contribution < -0.4 is 10.4 Å². The van der Waals surface area contributed by atoms with Crippen molar-refractivity contribution in [3.8, 4) is 0 Å². The van der Waals surface area contributed by atoms with E-state index in [1.165, 1.54) is 10.4 Å². The van der Waals surface area contributed by atoms with Crippen molar-refractivity contribution in [3.05, 3.63) is 60.7 Å². The van der Waals surface area contributed by atoms with E-state index in [9.17, 15) is 4.79 Å². The van der Waals surface area contributed by atoms with Crippen LogP contribution in [0.3, 0.4) is 0 Å². The zero-order valence-corrected chi connectivity index (χ0v) is 22.4. The van der Waals surface area contributed by atoms with Gasteiger partial charge in [0.2, 0.25) is 0 Å². The van der Waals surface area contributed by atoms with Crippen LogP contribution in [0, 0.1) is 5.41 Å². The van der Waals surface area contributed by atoms with Gasteiger partial charge in [-0.15, -0.1) is 11.6 Å². The first kappa shape index (κ1) is 26.0. The number of hydrogen-bond donors (Lipinski definition) is 0. The van der Waals surface area contributed by atoms with Gasteiger partial charge in [-0.05, 0) is 60.9 Å². The van der Waals surface area contributed by atoms with Crippen LogP contribution >= 0.6 is 11.6 Å². The number of alkyl halides is 1. The Morgan fingerprint density at radius 1 is 1.00 bits per heavy atom. The maximum absolute atomic E-state index is 12.9. The lowest BCUT2D eigenvalue weighted by atomic mass is 9.70. The Balaban J connectivity index is 1.93. The average molecular weight is 487 g/mol. The first-order valence-corrected chi connectivity index (χ1v) is 14.8. The molecule has 0 N–H and O–H groups in total. The lowest BCUT2D eigenvalue weighted by Gasteiger charge is -2.47. The molecule has 1 saturated carbocycles. The predicted octanol–water partition coefficient (Wildman–Crippen LogP) is 6.07. The van der Waals surface area contributed by atoms with Gasteiger partial charge in [0, 0.05) is 12.0 Å². The third-order valence-corrected chi connectivity index (χ3v) is 12.5. The van der Waals surface area contributed by atoms with E-state index < -0.39 is 13.7 Å². The van der Waals surface area contributed by atoms with Crippen molar-refractivity contribution in [1.82, 2.24) is 0 Å². The third kappa shape index (κ3) is 5.55. The van der Waals surface area contributed by atoms with Crippen LogP contribution in [0.4, 0.5) is 0 Å². The fourth-order valence-corrected chi connectivity index (χ4v) is 10.3. The summed E-state index contributed by atoms with van der Waals surface area (Å²) < 4.78 is 12.8. The summed E-state index contributed by atoms with van der Waals surface area (Å²) in [4.78, 5) is 12.9. The number of esters is 1. The number of benzene rings is 2. The second-order valence-electron chi connectivity index (χ2n) is 10.3. The van der Waals surface area contributed by atoms with E-state index in [1.54, 1.807) is 0 Å². The first-order chi connectivity index (χ1) is 15.8. The van der Waals surface area contributed by atoms with E-state index in [2.05, 4.69) is 81.4 Å². The number of ether oxygens (including phenoxy) is 1. The Labute approximate surface area is 206 Å². The number of hydrogen-bond acceptors (Lipinski definition) is 3. The highest BCUT2D eigenvalue weighted by atomic mass is 35.5. The molecular formula is C28H39ClO3Si. The molecular weight excluding hydrogens is 448 g/mol. The molecule has 2 aromatic rings. The van der Waals surface area contributed by atoms with Gasteiger partial charge in [0.1, 0.15) is 0 Å². The topological polar surface area (TPSA) is 35.5 Å². The van der Waals surface area contributed by atoms with Crippen LogP contribution in [0.5, 0.6) is 0 Å². The molecule has 5 heteroatoms. The summed E-state index contributed by atoms with van der Waals surface area (Å²) in [5, 5.41) is 2.55. The third-order valence-electron chi connectivity index (χ3n) is 7.15. The molecule has 1 aliphatic rings. The Kier molecular flexibility index (Phi) is 8.82. The monoisotopic (exact) mass is 486 g/mol. The van der Waals surface area contributed by atoms with Crippen molar-refractivity contribution in [2.75, 3.05) is 12.5 Å².